The number of Topliss-reactive ketones (excluding diaryl/α,β-unsaturated/α-hetero) is 1. The largest absolute Gasteiger partial charge is 0.346 e. The van der Waals surface area contributed by atoms with Crippen molar-refractivity contribution in [2.45, 2.75) is 71.9 Å². The van der Waals surface area contributed by atoms with Gasteiger partial charge in [0.2, 0.25) is 23.6 Å². The van der Waals surface area contributed by atoms with Crippen molar-refractivity contribution in [1.82, 2.24) is 20.9 Å². The number of carbonyl (C=O) groups is 5. The van der Waals surface area contributed by atoms with Crippen molar-refractivity contribution in [3.8, 4) is 0 Å². The molecule has 4 amide bonds. The summed E-state index contributed by atoms with van der Waals surface area (Å²) in [5.74, 6) is -1.35. The lowest BCUT2D eigenvalue weighted by atomic mass is 9.97. The van der Waals surface area contributed by atoms with E-state index in [0.29, 0.717) is 25.8 Å². The molecule has 0 aliphatic carbocycles. The number of likely N-dealkylation sites (tertiary alicyclic amines) is 1. The quantitative estimate of drug-likeness (QED) is 0.293. The topological polar surface area (TPSA) is 125 Å². The lowest BCUT2D eigenvalue weighted by molar-refractivity contribution is -0.138. The predicted molar refractivity (Wildman–Crippen MR) is 108 cm³/mol. The molecule has 3 N–H and O–H groups in total. The fraction of sp³-hybridized carbons (Fsp3) is 0.750. The van der Waals surface area contributed by atoms with E-state index in [1.165, 1.54) is 4.90 Å². The fourth-order valence-electron chi connectivity index (χ4n) is 2.96. The van der Waals surface area contributed by atoms with Crippen LogP contribution in [0.4, 0.5) is 0 Å². The van der Waals surface area contributed by atoms with Crippen molar-refractivity contribution in [1.29, 1.82) is 0 Å². The van der Waals surface area contributed by atoms with Crippen LogP contribution < -0.4 is 16.0 Å². The Kier molecular flexibility index (Phi) is 10.5. The highest BCUT2D eigenvalue weighted by atomic mass is 16.2. The van der Waals surface area contributed by atoms with E-state index in [4.69, 9.17) is 0 Å². The van der Waals surface area contributed by atoms with Crippen molar-refractivity contribution in [3.63, 3.8) is 0 Å². The summed E-state index contributed by atoms with van der Waals surface area (Å²) < 4.78 is 0. The summed E-state index contributed by atoms with van der Waals surface area (Å²) in [7, 11) is 0. The van der Waals surface area contributed by atoms with Crippen LogP contribution in [0.3, 0.4) is 0 Å². The normalized spacial score (nSPS) is 15.2. The second-order valence-corrected chi connectivity index (χ2v) is 7.92. The van der Waals surface area contributed by atoms with Gasteiger partial charge in [0.1, 0.15) is 0 Å². The smallest absolute Gasteiger partial charge is 0.239 e. The molecule has 164 valence electrons. The molecule has 1 fully saturated rings. The molecule has 9 nitrogen and oxygen atoms in total. The number of rotatable bonds is 13. The average molecular weight is 411 g/mol. The Morgan fingerprint density at radius 1 is 0.931 bits per heavy atom. The van der Waals surface area contributed by atoms with Gasteiger partial charge in [0.15, 0.2) is 5.78 Å². The number of hydrogen-bond donors (Lipinski definition) is 3. The van der Waals surface area contributed by atoms with Crippen LogP contribution in [-0.2, 0) is 24.0 Å². The zero-order valence-corrected chi connectivity index (χ0v) is 17.9. The van der Waals surface area contributed by atoms with Gasteiger partial charge in [-0.1, -0.05) is 27.7 Å². The zero-order chi connectivity index (χ0) is 22.0. The Bertz CT molecular complexity index is 602. The lowest BCUT2D eigenvalue weighted by Crippen LogP contribution is -2.48. The maximum absolute atomic E-state index is 12.4. The molecule has 9 heteroatoms. The Hall–Kier alpha value is -2.29. The molecule has 29 heavy (non-hydrogen) atoms. The minimum Gasteiger partial charge on any atom is -0.346 e. The third kappa shape index (κ3) is 9.17. The summed E-state index contributed by atoms with van der Waals surface area (Å²) in [6.07, 6.45) is 2.11. The molecule has 0 aromatic rings. The Morgan fingerprint density at radius 3 is 2.10 bits per heavy atom. The third-order valence-corrected chi connectivity index (χ3v) is 4.64. The molecular formula is C20H34N4O5. The third-order valence-electron chi connectivity index (χ3n) is 4.64. The first-order valence-corrected chi connectivity index (χ1v) is 10.3. The number of ketones is 1. The lowest BCUT2D eigenvalue weighted by Gasteiger charge is -2.20. The van der Waals surface area contributed by atoms with Crippen molar-refractivity contribution in [2.75, 3.05) is 19.6 Å². The molecule has 1 aliphatic rings. The molecule has 0 saturated carbocycles. The van der Waals surface area contributed by atoms with Crippen LogP contribution in [-0.4, -0.2) is 66.0 Å². The molecule has 1 heterocycles. The first-order chi connectivity index (χ1) is 13.6. The summed E-state index contributed by atoms with van der Waals surface area (Å²) in [6, 6.07) is -0.494. The maximum atomic E-state index is 12.4. The number of unbranched alkanes of at least 4 members (excludes halogenated alkanes) is 1. The molecule has 1 aliphatic heterocycles. The maximum Gasteiger partial charge on any atom is 0.239 e. The summed E-state index contributed by atoms with van der Waals surface area (Å²) in [4.78, 5) is 60.8. The van der Waals surface area contributed by atoms with E-state index in [-0.39, 0.29) is 61.4 Å². The highest BCUT2D eigenvalue weighted by molar-refractivity contribution is 6.01. The van der Waals surface area contributed by atoms with Gasteiger partial charge in [-0.3, -0.25) is 28.9 Å². The van der Waals surface area contributed by atoms with Crippen LogP contribution in [0.15, 0.2) is 0 Å². The molecule has 0 radical (unpaired) electrons. The summed E-state index contributed by atoms with van der Waals surface area (Å²) in [5, 5.41) is 8.17. The summed E-state index contributed by atoms with van der Waals surface area (Å²) >= 11 is 0. The molecular weight excluding hydrogens is 376 g/mol. The van der Waals surface area contributed by atoms with Gasteiger partial charge in [-0.15, -0.1) is 0 Å². The molecule has 1 rings (SSSR count). The molecule has 0 unspecified atom stereocenters. The van der Waals surface area contributed by atoms with E-state index in [0.717, 1.165) is 0 Å². The van der Waals surface area contributed by atoms with Crippen molar-refractivity contribution >= 4 is 29.4 Å². The standard InChI is InChI=1S/C20H34N4O5/c1-13(2)20(29)15(7-5-6-10-24-18(27)8-9-19(24)28)23-17(26)12-22-16(25)11-21-14(3)4/h13-15,21H,5-12H2,1-4H3,(H,22,25)(H,23,26)/t15-/m0/s1. The number of nitrogens with zero attached hydrogens (tertiary/aromatic N) is 1. The second kappa shape index (κ2) is 12.3. The van der Waals surface area contributed by atoms with Crippen LogP contribution in [0, 0.1) is 5.92 Å². The molecule has 0 spiro atoms. The van der Waals surface area contributed by atoms with Gasteiger partial charge in [-0.05, 0) is 19.3 Å². The van der Waals surface area contributed by atoms with E-state index < -0.39 is 11.9 Å². The van der Waals surface area contributed by atoms with E-state index in [1.807, 2.05) is 13.8 Å². The minimum atomic E-state index is -0.654. The monoisotopic (exact) mass is 410 g/mol. The van der Waals surface area contributed by atoms with Crippen molar-refractivity contribution in [2.24, 2.45) is 5.92 Å². The zero-order valence-electron chi connectivity index (χ0n) is 17.9. The highest BCUT2D eigenvalue weighted by Crippen LogP contribution is 2.14. The number of hydrogen-bond acceptors (Lipinski definition) is 6. The second-order valence-electron chi connectivity index (χ2n) is 7.92. The average Bonchev–Trinajstić information content (AvgIpc) is 2.98. The summed E-state index contributed by atoms with van der Waals surface area (Å²) in [6.45, 7) is 7.62. The molecule has 0 aromatic heterocycles. The first kappa shape index (κ1) is 24.7. The van der Waals surface area contributed by atoms with Crippen LogP contribution in [0.1, 0.15) is 59.8 Å². The van der Waals surface area contributed by atoms with Crippen LogP contribution in [0.2, 0.25) is 0 Å². The Labute approximate surface area is 172 Å². The highest BCUT2D eigenvalue weighted by Gasteiger charge is 2.28. The fourth-order valence-corrected chi connectivity index (χ4v) is 2.96. The molecule has 0 aromatic carbocycles. The summed E-state index contributed by atoms with van der Waals surface area (Å²) in [5.41, 5.74) is 0. The minimum absolute atomic E-state index is 0.0838. The molecule has 1 atom stereocenters. The van der Waals surface area contributed by atoms with Crippen LogP contribution >= 0.6 is 0 Å². The number of nitrogens with one attached hydrogen (secondary N) is 3. The number of amides is 4. The predicted octanol–water partition coefficient (Wildman–Crippen LogP) is 0.130. The van der Waals surface area contributed by atoms with Gasteiger partial charge >= 0.3 is 0 Å². The van der Waals surface area contributed by atoms with Gasteiger partial charge in [0.25, 0.3) is 0 Å². The van der Waals surface area contributed by atoms with E-state index in [1.54, 1.807) is 13.8 Å². The van der Waals surface area contributed by atoms with Gasteiger partial charge < -0.3 is 16.0 Å². The van der Waals surface area contributed by atoms with Gasteiger partial charge in [-0.2, -0.15) is 0 Å². The molecule has 0 bridgehead atoms. The van der Waals surface area contributed by atoms with Gasteiger partial charge in [-0.25, -0.2) is 0 Å². The van der Waals surface area contributed by atoms with E-state index in [2.05, 4.69) is 16.0 Å². The van der Waals surface area contributed by atoms with E-state index >= 15 is 0 Å². The number of carbonyl (C=O) groups excluding carboxylic acids is 5. The van der Waals surface area contributed by atoms with Gasteiger partial charge in [0, 0.05) is 31.3 Å². The molecule has 1 saturated heterocycles. The van der Waals surface area contributed by atoms with E-state index in [9.17, 15) is 24.0 Å². The van der Waals surface area contributed by atoms with Crippen LogP contribution in [0.25, 0.3) is 0 Å². The van der Waals surface area contributed by atoms with Crippen LogP contribution in [0.5, 0.6) is 0 Å². The Balaban J connectivity index is 2.43. The van der Waals surface area contributed by atoms with Gasteiger partial charge in [0.05, 0.1) is 19.1 Å². The van der Waals surface area contributed by atoms with Crippen molar-refractivity contribution < 1.29 is 24.0 Å². The number of imide groups is 1. The first-order valence-electron chi connectivity index (χ1n) is 10.3. The SMILES string of the molecule is CC(C)NCC(=O)NCC(=O)N[C@@H](CCCCN1C(=O)CCC1=O)C(=O)C(C)C. The van der Waals surface area contributed by atoms with Crippen molar-refractivity contribution in [3.05, 3.63) is 0 Å². The Morgan fingerprint density at radius 2 is 1.55 bits per heavy atom.